The monoisotopic (exact) mass is 454 g/mol. The van der Waals surface area contributed by atoms with E-state index in [0.717, 1.165) is 24.4 Å². The molecular weight excluding hydrogens is 440 g/mol. The van der Waals surface area contributed by atoms with E-state index in [4.69, 9.17) is 11.6 Å². The van der Waals surface area contributed by atoms with Crippen LogP contribution in [0.4, 0.5) is 10.5 Å². The molecule has 3 aromatic rings. The van der Waals surface area contributed by atoms with E-state index in [-0.39, 0.29) is 5.57 Å². The Kier molecular flexibility index (Phi) is 5.76. The lowest BCUT2D eigenvalue weighted by Crippen LogP contribution is -2.54. The highest BCUT2D eigenvalue weighted by Crippen LogP contribution is 2.35. The van der Waals surface area contributed by atoms with Gasteiger partial charge in [-0.25, -0.2) is 9.69 Å². The molecule has 1 aliphatic heterocycles. The first-order valence-electron chi connectivity index (χ1n) is 8.92. The first kappa shape index (κ1) is 20.4. The minimum atomic E-state index is -0.752. The normalized spacial score (nSPS) is 15.6. The van der Waals surface area contributed by atoms with Crippen LogP contribution >= 0.6 is 34.7 Å². The topological polar surface area (TPSA) is 66.5 Å². The number of hydrogen-bond acceptors (Lipinski definition) is 5. The molecule has 4 amide bonds. The molecule has 8 heteroatoms. The van der Waals surface area contributed by atoms with Gasteiger partial charge in [0.2, 0.25) is 0 Å². The molecule has 4 rings (SSSR count). The standard InChI is InChI=1S/C22H15ClN2O3S2/c1-13-3-2-4-15(11-13)25-21(27)18(20(26)24-22(25)28)12-17-9-10-19(30-17)29-16-7-5-14(23)6-8-16/h2-12H,1H3,(H,24,26,28)/b18-12+. The molecule has 0 radical (unpaired) electrons. The number of aryl methyl sites for hydroxylation is 1. The fraction of sp³-hybridized carbons (Fsp3) is 0.0455. The number of hydrogen-bond donors (Lipinski definition) is 1. The van der Waals surface area contributed by atoms with Gasteiger partial charge in [-0.15, -0.1) is 11.3 Å². The van der Waals surface area contributed by atoms with Gasteiger partial charge < -0.3 is 0 Å². The van der Waals surface area contributed by atoms with Crippen molar-refractivity contribution in [3.8, 4) is 0 Å². The van der Waals surface area contributed by atoms with Gasteiger partial charge in [-0.05, 0) is 67.1 Å². The summed E-state index contributed by atoms with van der Waals surface area (Å²) < 4.78 is 0.999. The molecule has 0 atom stereocenters. The number of urea groups is 1. The fourth-order valence-electron chi connectivity index (χ4n) is 2.89. The summed E-state index contributed by atoms with van der Waals surface area (Å²) in [4.78, 5) is 40.3. The van der Waals surface area contributed by atoms with Crippen molar-refractivity contribution in [2.24, 2.45) is 0 Å². The van der Waals surface area contributed by atoms with Crippen molar-refractivity contribution in [1.29, 1.82) is 0 Å². The molecule has 1 fully saturated rings. The summed E-state index contributed by atoms with van der Waals surface area (Å²) in [6.45, 7) is 1.86. The highest BCUT2D eigenvalue weighted by Gasteiger charge is 2.36. The summed E-state index contributed by atoms with van der Waals surface area (Å²) in [5.74, 6) is -1.34. The number of nitrogens with zero attached hydrogens (tertiary/aromatic N) is 1. The number of benzene rings is 2. The van der Waals surface area contributed by atoms with Crippen LogP contribution in [0.2, 0.25) is 5.02 Å². The molecule has 0 saturated carbocycles. The zero-order chi connectivity index (χ0) is 21.3. The first-order valence-corrected chi connectivity index (χ1v) is 10.9. The van der Waals surface area contributed by atoms with E-state index in [1.165, 1.54) is 17.4 Å². The van der Waals surface area contributed by atoms with Gasteiger partial charge in [-0.3, -0.25) is 14.9 Å². The number of thiophene rings is 1. The summed E-state index contributed by atoms with van der Waals surface area (Å²) in [7, 11) is 0. The van der Waals surface area contributed by atoms with Crippen molar-refractivity contribution >= 4 is 64.3 Å². The van der Waals surface area contributed by atoms with Crippen LogP contribution in [0, 0.1) is 6.92 Å². The zero-order valence-corrected chi connectivity index (χ0v) is 18.1. The number of nitrogens with one attached hydrogen (secondary N) is 1. The number of amides is 4. The van der Waals surface area contributed by atoms with E-state index in [0.29, 0.717) is 10.7 Å². The maximum Gasteiger partial charge on any atom is 0.335 e. The van der Waals surface area contributed by atoms with E-state index in [1.54, 1.807) is 30.0 Å². The zero-order valence-electron chi connectivity index (χ0n) is 15.7. The third kappa shape index (κ3) is 4.33. The van der Waals surface area contributed by atoms with Gasteiger partial charge in [-0.2, -0.15) is 0 Å². The fourth-order valence-corrected chi connectivity index (χ4v) is 5.08. The van der Waals surface area contributed by atoms with Gasteiger partial charge in [0.05, 0.1) is 9.90 Å². The number of barbiturate groups is 1. The predicted molar refractivity (Wildman–Crippen MR) is 120 cm³/mol. The van der Waals surface area contributed by atoms with Crippen LogP contribution < -0.4 is 10.2 Å². The molecule has 1 saturated heterocycles. The van der Waals surface area contributed by atoms with Crippen LogP contribution in [0.1, 0.15) is 10.4 Å². The lowest BCUT2D eigenvalue weighted by Gasteiger charge is -2.26. The first-order chi connectivity index (χ1) is 14.4. The third-order valence-electron chi connectivity index (χ3n) is 4.28. The average molecular weight is 455 g/mol. The quantitative estimate of drug-likeness (QED) is 0.416. The lowest BCUT2D eigenvalue weighted by molar-refractivity contribution is -0.122. The number of carbonyl (C=O) groups is 3. The SMILES string of the molecule is Cc1cccc(N2C(=O)NC(=O)/C(=C\c3ccc(Sc4ccc(Cl)cc4)s3)C2=O)c1. The van der Waals surface area contributed by atoms with E-state index < -0.39 is 17.8 Å². The Morgan fingerprint density at radius 2 is 1.80 bits per heavy atom. The Morgan fingerprint density at radius 1 is 1.03 bits per heavy atom. The van der Waals surface area contributed by atoms with Crippen molar-refractivity contribution in [2.75, 3.05) is 4.90 Å². The number of anilines is 1. The molecule has 150 valence electrons. The lowest BCUT2D eigenvalue weighted by atomic mass is 10.1. The van der Waals surface area contributed by atoms with Gasteiger partial charge >= 0.3 is 6.03 Å². The number of carbonyl (C=O) groups excluding carboxylic acids is 3. The van der Waals surface area contributed by atoms with E-state index in [2.05, 4.69) is 5.32 Å². The number of halogens is 1. The molecule has 0 unspecified atom stereocenters. The molecule has 0 spiro atoms. The smallest absolute Gasteiger partial charge is 0.273 e. The molecule has 30 heavy (non-hydrogen) atoms. The van der Waals surface area contributed by atoms with E-state index in [1.807, 2.05) is 49.4 Å². The highest BCUT2D eigenvalue weighted by molar-refractivity contribution is 8.01. The molecule has 5 nitrogen and oxygen atoms in total. The highest BCUT2D eigenvalue weighted by atomic mass is 35.5. The second-order valence-corrected chi connectivity index (χ2v) is 9.44. The molecule has 1 aromatic heterocycles. The van der Waals surface area contributed by atoms with Gasteiger partial charge in [0.1, 0.15) is 5.57 Å². The van der Waals surface area contributed by atoms with Crippen molar-refractivity contribution < 1.29 is 14.4 Å². The summed E-state index contributed by atoms with van der Waals surface area (Å²) in [6.07, 6.45) is 1.52. The summed E-state index contributed by atoms with van der Waals surface area (Å²) in [5.41, 5.74) is 1.24. The largest absolute Gasteiger partial charge is 0.335 e. The van der Waals surface area contributed by atoms with Crippen molar-refractivity contribution in [3.05, 3.63) is 81.7 Å². The van der Waals surface area contributed by atoms with Gasteiger partial charge in [0, 0.05) is 14.8 Å². The van der Waals surface area contributed by atoms with Crippen molar-refractivity contribution in [3.63, 3.8) is 0 Å². The average Bonchev–Trinajstić information content (AvgIpc) is 3.14. The maximum absolute atomic E-state index is 13.0. The Balaban J connectivity index is 1.60. The van der Waals surface area contributed by atoms with E-state index in [9.17, 15) is 14.4 Å². The van der Waals surface area contributed by atoms with E-state index >= 15 is 0 Å². The Bertz CT molecular complexity index is 1190. The van der Waals surface area contributed by atoms with Gasteiger partial charge in [0.25, 0.3) is 11.8 Å². The molecule has 1 N–H and O–H groups in total. The molecule has 2 heterocycles. The van der Waals surface area contributed by atoms with Gasteiger partial charge in [0.15, 0.2) is 0 Å². The number of imide groups is 2. The van der Waals surface area contributed by atoms with Crippen LogP contribution in [0.3, 0.4) is 0 Å². The van der Waals surface area contributed by atoms with Crippen LogP contribution in [0.5, 0.6) is 0 Å². The summed E-state index contributed by atoms with van der Waals surface area (Å²) >= 11 is 8.93. The summed E-state index contributed by atoms with van der Waals surface area (Å²) in [6, 6.07) is 17.5. The third-order valence-corrected chi connectivity index (χ3v) is 6.71. The molecule has 2 aromatic carbocycles. The molecule has 0 bridgehead atoms. The molecule has 1 aliphatic rings. The second-order valence-electron chi connectivity index (χ2n) is 6.51. The minimum absolute atomic E-state index is 0.0824. The Morgan fingerprint density at radius 3 is 2.53 bits per heavy atom. The van der Waals surface area contributed by atoms with Crippen molar-refractivity contribution in [2.45, 2.75) is 16.0 Å². The maximum atomic E-state index is 13.0. The summed E-state index contributed by atoms with van der Waals surface area (Å²) in [5, 5.41) is 2.92. The Hall–Kier alpha value is -2.87. The predicted octanol–water partition coefficient (Wildman–Crippen LogP) is 5.53. The second kappa shape index (κ2) is 8.47. The van der Waals surface area contributed by atoms with Crippen LogP contribution in [-0.2, 0) is 9.59 Å². The minimum Gasteiger partial charge on any atom is -0.273 e. The van der Waals surface area contributed by atoms with Crippen LogP contribution in [0.25, 0.3) is 6.08 Å². The Labute approximate surface area is 186 Å². The number of rotatable bonds is 4. The van der Waals surface area contributed by atoms with Gasteiger partial charge in [-0.1, -0.05) is 35.5 Å². The van der Waals surface area contributed by atoms with Crippen LogP contribution in [-0.4, -0.2) is 17.8 Å². The van der Waals surface area contributed by atoms with Crippen LogP contribution in [0.15, 0.2) is 75.3 Å². The molecular formula is C22H15ClN2O3S2. The van der Waals surface area contributed by atoms with Crippen molar-refractivity contribution in [1.82, 2.24) is 5.32 Å². The molecule has 0 aliphatic carbocycles.